The van der Waals surface area contributed by atoms with Crippen LogP contribution in [0.3, 0.4) is 0 Å². The fourth-order valence-corrected chi connectivity index (χ4v) is 4.91. The van der Waals surface area contributed by atoms with Gasteiger partial charge in [-0.05, 0) is 18.2 Å². The minimum atomic E-state index is -4.12. The van der Waals surface area contributed by atoms with E-state index < -0.39 is 60.1 Å². The number of aliphatic hydroxyl groups is 11. The lowest BCUT2D eigenvalue weighted by Crippen LogP contribution is -2.91. The van der Waals surface area contributed by atoms with Crippen LogP contribution in [0.2, 0.25) is 0 Å². The lowest BCUT2D eigenvalue weighted by atomic mass is 10.0. The van der Waals surface area contributed by atoms with Crippen LogP contribution in [0.15, 0.2) is 63.3 Å². The molecule has 0 saturated carbocycles. The lowest BCUT2D eigenvalue weighted by Gasteiger charge is -2.61. The van der Waals surface area contributed by atoms with Gasteiger partial charge < -0.3 is 60.9 Å². The standard InChI is InChI=1S/C21H25N3O12S/c25-11-17(26,27)36-10-9-23-18(28,29)20(32,33)24(21(34,35)19(23,30)31)16-12-5-1-3-7-14(12)37-15-8-4-2-6-13(15)22-16/h1-8,25-35H,9-11H2. The highest BCUT2D eigenvalue weighted by molar-refractivity contribution is 7.99. The zero-order chi connectivity index (χ0) is 27.4. The highest BCUT2D eigenvalue weighted by Gasteiger charge is 2.77. The maximum Gasteiger partial charge on any atom is 0.325 e. The Labute approximate surface area is 212 Å². The van der Waals surface area contributed by atoms with Crippen LogP contribution in [0.4, 0.5) is 5.69 Å². The van der Waals surface area contributed by atoms with Crippen molar-refractivity contribution in [2.24, 2.45) is 4.99 Å². The molecule has 0 aliphatic carbocycles. The number of piperazine rings is 1. The summed E-state index contributed by atoms with van der Waals surface area (Å²) in [5.74, 6) is -20.3. The van der Waals surface area contributed by atoms with Gasteiger partial charge in [0.2, 0.25) is 0 Å². The maximum atomic E-state index is 11.0. The van der Waals surface area contributed by atoms with E-state index >= 15 is 0 Å². The van der Waals surface area contributed by atoms with Crippen LogP contribution in [0.25, 0.3) is 0 Å². The Hall–Kier alpha value is -2.26. The van der Waals surface area contributed by atoms with E-state index in [9.17, 15) is 51.1 Å². The third kappa shape index (κ3) is 4.42. The van der Waals surface area contributed by atoms with E-state index in [4.69, 9.17) is 5.11 Å². The first-order chi connectivity index (χ1) is 17.1. The van der Waals surface area contributed by atoms with Gasteiger partial charge in [-0.15, -0.1) is 0 Å². The molecule has 0 atom stereocenters. The molecule has 15 nitrogen and oxygen atoms in total. The summed E-state index contributed by atoms with van der Waals surface area (Å²) in [6.45, 7) is -3.55. The molecule has 0 amide bonds. The van der Waals surface area contributed by atoms with Crippen LogP contribution >= 0.6 is 11.8 Å². The molecule has 37 heavy (non-hydrogen) atoms. The molecule has 11 N–H and O–H groups in total. The van der Waals surface area contributed by atoms with E-state index in [0.29, 0.717) is 9.79 Å². The molecule has 4 rings (SSSR count). The third-order valence-corrected chi connectivity index (χ3v) is 6.92. The number of hydrogen-bond donors (Lipinski definition) is 11. The van der Waals surface area contributed by atoms with Crippen LogP contribution in [-0.2, 0) is 4.74 Å². The molecule has 0 unspecified atom stereocenters. The summed E-state index contributed by atoms with van der Waals surface area (Å²) in [5, 5.41) is 114. The SMILES string of the molecule is OCC(O)(O)OCCN1C(O)(O)C(O)(O)N(C2=Nc3ccccc3Sc3ccccc32)C(O)(O)C1(O)O. The number of para-hydroxylation sites is 1. The molecule has 1 saturated heterocycles. The second-order valence-corrected chi connectivity index (χ2v) is 9.36. The van der Waals surface area contributed by atoms with E-state index in [-0.39, 0.29) is 16.2 Å². The smallest absolute Gasteiger partial charge is 0.325 e. The molecule has 0 spiro atoms. The Bertz CT molecular complexity index is 1170. The minimum Gasteiger partial charge on any atom is -0.388 e. The maximum absolute atomic E-state index is 11.0. The number of hydrogen-bond acceptors (Lipinski definition) is 16. The lowest BCUT2D eigenvalue weighted by molar-refractivity contribution is -0.597. The Morgan fingerprint density at radius 1 is 0.784 bits per heavy atom. The van der Waals surface area contributed by atoms with Crippen molar-refractivity contribution in [2.45, 2.75) is 39.4 Å². The van der Waals surface area contributed by atoms with Gasteiger partial charge in [-0.3, -0.25) is 0 Å². The number of aliphatic hydroxyl groups excluding tert-OH is 1. The topological polar surface area (TPSA) is 251 Å². The number of ether oxygens (including phenoxy) is 1. The van der Waals surface area contributed by atoms with Gasteiger partial charge in [-0.2, -0.15) is 4.90 Å². The van der Waals surface area contributed by atoms with Crippen molar-refractivity contribution in [3.05, 3.63) is 54.1 Å². The van der Waals surface area contributed by atoms with Crippen molar-refractivity contribution >= 4 is 23.3 Å². The Kier molecular flexibility index (Phi) is 6.89. The summed E-state index contributed by atoms with van der Waals surface area (Å²) in [6, 6.07) is 12.6. The molecule has 202 valence electrons. The van der Waals surface area contributed by atoms with E-state index in [1.54, 1.807) is 30.3 Å². The molecular weight excluding hydrogens is 518 g/mol. The zero-order valence-electron chi connectivity index (χ0n) is 18.8. The molecule has 0 aromatic heterocycles. The van der Waals surface area contributed by atoms with Gasteiger partial charge in [-0.1, -0.05) is 42.1 Å². The number of aliphatic imine (C=N–C) groups is 1. The molecule has 2 heterocycles. The molecule has 1 fully saturated rings. The first kappa shape index (κ1) is 27.8. The normalized spacial score (nSPS) is 22.0. The highest BCUT2D eigenvalue weighted by Crippen LogP contribution is 2.47. The van der Waals surface area contributed by atoms with Gasteiger partial charge in [0.1, 0.15) is 12.4 Å². The van der Waals surface area contributed by atoms with E-state index in [1.165, 1.54) is 30.0 Å². The fraction of sp³-hybridized carbons (Fsp3) is 0.381. The van der Waals surface area contributed by atoms with Crippen LogP contribution < -0.4 is 0 Å². The summed E-state index contributed by atoms with van der Waals surface area (Å²) in [5.41, 5.74) is 0.218. The molecule has 2 aromatic carbocycles. The highest BCUT2D eigenvalue weighted by atomic mass is 32.2. The molecule has 0 radical (unpaired) electrons. The summed E-state index contributed by atoms with van der Waals surface area (Å²) < 4.78 is 4.46. The molecule has 16 heteroatoms. The van der Waals surface area contributed by atoms with Gasteiger partial charge in [0.25, 0.3) is 0 Å². The van der Waals surface area contributed by atoms with Crippen LogP contribution in [0.5, 0.6) is 0 Å². The number of nitrogens with zero attached hydrogens (tertiary/aromatic N) is 3. The van der Waals surface area contributed by atoms with Gasteiger partial charge in [0, 0.05) is 21.9 Å². The second-order valence-electron chi connectivity index (χ2n) is 8.28. The van der Waals surface area contributed by atoms with Crippen molar-refractivity contribution in [1.29, 1.82) is 0 Å². The molecular formula is C21H25N3O12S. The Balaban J connectivity index is 1.86. The van der Waals surface area contributed by atoms with Gasteiger partial charge in [0.05, 0.1) is 12.3 Å². The zero-order valence-corrected chi connectivity index (χ0v) is 19.6. The number of rotatable bonds is 5. The quantitative estimate of drug-likeness (QED) is 0.161. The largest absolute Gasteiger partial charge is 0.388 e. The van der Waals surface area contributed by atoms with Crippen molar-refractivity contribution in [3.8, 4) is 0 Å². The third-order valence-electron chi connectivity index (χ3n) is 5.78. The first-order valence-electron chi connectivity index (χ1n) is 10.6. The van der Waals surface area contributed by atoms with Gasteiger partial charge in [-0.25, -0.2) is 9.89 Å². The number of amidine groups is 1. The van der Waals surface area contributed by atoms with Crippen LogP contribution in [0, 0.1) is 0 Å². The predicted octanol–water partition coefficient (Wildman–Crippen LogP) is -3.95. The Morgan fingerprint density at radius 2 is 1.32 bits per heavy atom. The summed E-state index contributed by atoms with van der Waals surface area (Å²) in [6.07, 6.45) is 0. The average Bonchev–Trinajstić information content (AvgIpc) is 2.97. The van der Waals surface area contributed by atoms with Crippen molar-refractivity contribution in [2.75, 3.05) is 19.8 Å². The number of benzene rings is 2. The summed E-state index contributed by atoms with van der Waals surface area (Å²) in [7, 11) is 0. The fourth-order valence-electron chi connectivity index (χ4n) is 3.89. The Morgan fingerprint density at radius 3 is 1.92 bits per heavy atom. The minimum absolute atomic E-state index is 0.0281. The van der Waals surface area contributed by atoms with Crippen LogP contribution in [0.1, 0.15) is 5.56 Å². The van der Waals surface area contributed by atoms with E-state index in [1.807, 2.05) is 0 Å². The van der Waals surface area contributed by atoms with Gasteiger partial charge in [0.15, 0.2) is 0 Å². The predicted molar refractivity (Wildman–Crippen MR) is 121 cm³/mol. The average molecular weight is 544 g/mol. The van der Waals surface area contributed by atoms with E-state index in [2.05, 4.69) is 9.73 Å². The molecule has 0 bridgehead atoms. The van der Waals surface area contributed by atoms with Crippen molar-refractivity contribution in [1.82, 2.24) is 9.80 Å². The van der Waals surface area contributed by atoms with Gasteiger partial charge >= 0.3 is 29.6 Å². The molecule has 2 aromatic rings. The number of fused-ring (bicyclic) bond motifs is 2. The van der Waals surface area contributed by atoms with Crippen molar-refractivity contribution < 1.29 is 60.9 Å². The van der Waals surface area contributed by atoms with Crippen LogP contribution in [-0.4, -0.2) is 121 Å². The van der Waals surface area contributed by atoms with Crippen molar-refractivity contribution in [3.63, 3.8) is 0 Å². The monoisotopic (exact) mass is 543 g/mol. The first-order valence-corrected chi connectivity index (χ1v) is 11.4. The molecule has 2 aliphatic heterocycles. The summed E-state index contributed by atoms with van der Waals surface area (Å²) >= 11 is 1.17. The molecule has 2 aliphatic rings. The van der Waals surface area contributed by atoms with E-state index in [0.717, 1.165) is 0 Å². The second kappa shape index (κ2) is 9.19. The summed E-state index contributed by atoms with van der Waals surface area (Å²) in [4.78, 5) is 4.54.